The number of rotatable bonds is 5. The molecule has 0 radical (unpaired) electrons. The van der Waals surface area contributed by atoms with Crippen LogP contribution in [0, 0.1) is 5.92 Å². The van der Waals surface area contributed by atoms with Gasteiger partial charge in [0.15, 0.2) is 0 Å². The van der Waals surface area contributed by atoms with Crippen molar-refractivity contribution in [3.8, 4) is 5.75 Å². The molecule has 1 aromatic rings. The third-order valence-corrected chi connectivity index (χ3v) is 3.22. The van der Waals surface area contributed by atoms with Gasteiger partial charge in [0.25, 0.3) is 0 Å². The van der Waals surface area contributed by atoms with Crippen LogP contribution in [0.4, 0.5) is 0 Å². The summed E-state index contributed by atoms with van der Waals surface area (Å²) in [5.41, 5.74) is 5.55. The minimum absolute atomic E-state index is 0.0313. The van der Waals surface area contributed by atoms with Crippen LogP contribution in [-0.2, 0) is 5.60 Å². The molecule has 16 heavy (non-hydrogen) atoms. The lowest BCUT2D eigenvalue weighted by atomic mass is 9.81. The topological polar surface area (TPSA) is 55.5 Å². The molecule has 0 aliphatic heterocycles. The van der Waals surface area contributed by atoms with Crippen LogP contribution in [0.15, 0.2) is 24.3 Å². The number of ether oxygens (including phenoxy) is 1. The molecule has 0 heterocycles. The summed E-state index contributed by atoms with van der Waals surface area (Å²) in [4.78, 5) is 0. The highest BCUT2D eigenvalue weighted by molar-refractivity contribution is 5.38. The van der Waals surface area contributed by atoms with Gasteiger partial charge in [-0.05, 0) is 26.0 Å². The SMILES string of the molecule is CCC(CN)C(C)(O)c1ccccc1OC. The van der Waals surface area contributed by atoms with E-state index in [4.69, 9.17) is 10.5 Å². The third kappa shape index (κ3) is 2.36. The zero-order valence-electron chi connectivity index (χ0n) is 10.2. The maximum Gasteiger partial charge on any atom is 0.124 e. The van der Waals surface area contributed by atoms with Gasteiger partial charge < -0.3 is 15.6 Å². The summed E-state index contributed by atoms with van der Waals surface area (Å²) < 4.78 is 5.27. The van der Waals surface area contributed by atoms with Crippen molar-refractivity contribution >= 4 is 0 Å². The van der Waals surface area contributed by atoms with Gasteiger partial charge in [-0.1, -0.05) is 25.1 Å². The lowest BCUT2D eigenvalue weighted by molar-refractivity contribution is -0.00594. The van der Waals surface area contributed by atoms with E-state index >= 15 is 0 Å². The fraction of sp³-hybridized carbons (Fsp3) is 0.538. The summed E-state index contributed by atoms with van der Waals surface area (Å²) >= 11 is 0. The molecule has 2 atom stereocenters. The van der Waals surface area contributed by atoms with Crippen LogP contribution >= 0.6 is 0 Å². The summed E-state index contributed by atoms with van der Waals surface area (Å²) in [6, 6.07) is 7.53. The van der Waals surface area contributed by atoms with Crippen molar-refractivity contribution in [2.45, 2.75) is 25.9 Å². The summed E-state index contributed by atoms with van der Waals surface area (Å²) in [5, 5.41) is 10.6. The summed E-state index contributed by atoms with van der Waals surface area (Å²) in [6.45, 7) is 4.29. The average Bonchev–Trinajstić information content (AvgIpc) is 2.30. The van der Waals surface area contributed by atoms with E-state index in [1.807, 2.05) is 31.2 Å². The van der Waals surface area contributed by atoms with E-state index in [1.54, 1.807) is 14.0 Å². The average molecular weight is 223 g/mol. The van der Waals surface area contributed by atoms with Crippen LogP contribution in [0.2, 0.25) is 0 Å². The first-order chi connectivity index (χ1) is 7.57. The van der Waals surface area contributed by atoms with Gasteiger partial charge in [0.2, 0.25) is 0 Å². The van der Waals surface area contributed by atoms with Crippen molar-refractivity contribution in [3.05, 3.63) is 29.8 Å². The Kier molecular flexibility index (Phi) is 4.33. The summed E-state index contributed by atoms with van der Waals surface area (Å²) in [5.74, 6) is 0.739. The number of para-hydroxylation sites is 1. The van der Waals surface area contributed by atoms with Crippen LogP contribution in [0.5, 0.6) is 5.75 Å². The first-order valence-electron chi connectivity index (χ1n) is 5.63. The Hall–Kier alpha value is -1.06. The van der Waals surface area contributed by atoms with E-state index in [9.17, 15) is 5.11 Å². The highest BCUT2D eigenvalue weighted by atomic mass is 16.5. The van der Waals surface area contributed by atoms with Gasteiger partial charge in [-0.25, -0.2) is 0 Å². The highest BCUT2D eigenvalue weighted by Crippen LogP contribution is 2.36. The highest BCUT2D eigenvalue weighted by Gasteiger charge is 2.33. The van der Waals surface area contributed by atoms with Gasteiger partial charge >= 0.3 is 0 Å². The zero-order valence-corrected chi connectivity index (χ0v) is 10.2. The number of methoxy groups -OCH3 is 1. The van der Waals surface area contributed by atoms with E-state index in [1.165, 1.54) is 0 Å². The van der Waals surface area contributed by atoms with E-state index < -0.39 is 5.60 Å². The molecule has 0 bridgehead atoms. The first-order valence-corrected chi connectivity index (χ1v) is 5.63. The monoisotopic (exact) mass is 223 g/mol. The molecule has 3 N–H and O–H groups in total. The quantitative estimate of drug-likeness (QED) is 0.801. The molecular weight excluding hydrogens is 202 g/mol. The van der Waals surface area contributed by atoms with Gasteiger partial charge in [-0.15, -0.1) is 0 Å². The number of hydrogen-bond donors (Lipinski definition) is 2. The number of nitrogens with two attached hydrogens (primary N) is 1. The second-order valence-electron chi connectivity index (χ2n) is 4.19. The van der Waals surface area contributed by atoms with Gasteiger partial charge in [-0.2, -0.15) is 0 Å². The van der Waals surface area contributed by atoms with Crippen LogP contribution in [0.3, 0.4) is 0 Å². The Morgan fingerprint density at radius 1 is 1.44 bits per heavy atom. The lowest BCUT2D eigenvalue weighted by Gasteiger charge is -2.33. The van der Waals surface area contributed by atoms with Gasteiger partial charge in [-0.3, -0.25) is 0 Å². The van der Waals surface area contributed by atoms with E-state index in [2.05, 4.69) is 0 Å². The molecule has 0 aliphatic rings. The minimum Gasteiger partial charge on any atom is -0.496 e. The van der Waals surface area contributed by atoms with E-state index in [0.29, 0.717) is 12.3 Å². The molecule has 0 spiro atoms. The van der Waals surface area contributed by atoms with Crippen molar-refractivity contribution in [2.24, 2.45) is 11.7 Å². The number of hydrogen-bond acceptors (Lipinski definition) is 3. The minimum atomic E-state index is -0.948. The maximum atomic E-state index is 10.6. The fourth-order valence-electron chi connectivity index (χ4n) is 2.08. The summed E-state index contributed by atoms with van der Waals surface area (Å²) in [7, 11) is 1.61. The Balaban J connectivity index is 3.14. The number of aliphatic hydroxyl groups is 1. The molecule has 0 aromatic heterocycles. The Morgan fingerprint density at radius 3 is 2.56 bits per heavy atom. The van der Waals surface area contributed by atoms with Crippen LogP contribution in [-0.4, -0.2) is 18.8 Å². The standard InChI is InChI=1S/C13H21NO2/c1-4-10(9-14)13(2,15)11-7-5-6-8-12(11)16-3/h5-8,10,15H,4,9,14H2,1-3H3. The molecule has 0 aliphatic carbocycles. The van der Waals surface area contributed by atoms with Gasteiger partial charge in [0.05, 0.1) is 12.7 Å². The van der Waals surface area contributed by atoms with E-state index in [-0.39, 0.29) is 5.92 Å². The molecule has 3 nitrogen and oxygen atoms in total. The Morgan fingerprint density at radius 2 is 2.06 bits per heavy atom. The molecule has 0 saturated carbocycles. The fourth-order valence-corrected chi connectivity index (χ4v) is 2.08. The third-order valence-electron chi connectivity index (χ3n) is 3.22. The second kappa shape index (κ2) is 5.32. The van der Waals surface area contributed by atoms with Crippen molar-refractivity contribution < 1.29 is 9.84 Å². The molecule has 1 aromatic carbocycles. The smallest absolute Gasteiger partial charge is 0.124 e. The van der Waals surface area contributed by atoms with E-state index in [0.717, 1.165) is 12.0 Å². The van der Waals surface area contributed by atoms with Crippen LogP contribution in [0.25, 0.3) is 0 Å². The molecule has 3 heteroatoms. The molecule has 90 valence electrons. The predicted molar refractivity (Wildman–Crippen MR) is 65.4 cm³/mol. The largest absolute Gasteiger partial charge is 0.496 e. The molecule has 0 saturated heterocycles. The van der Waals surface area contributed by atoms with Crippen molar-refractivity contribution in [2.75, 3.05) is 13.7 Å². The van der Waals surface area contributed by atoms with Crippen molar-refractivity contribution in [3.63, 3.8) is 0 Å². The molecule has 1 rings (SSSR count). The Labute approximate surface area is 97.2 Å². The lowest BCUT2D eigenvalue weighted by Crippen LogP contribution is -2.36. The summed E-state index contributed by atoms with van der Waals surface area (Å²) in [6.07, 6.45) is 0.835. The zero-order chi connectivity index (χ0) is 12.2. The van der Waals surface area contributed by atoms with Crippen LogP contribution < -0.4 is 10.5 Å². The predicted octanol–water partition coefficient (Wildman–Crippen LogP) is 1.89. The van der Waals surface area contributed by atoms with Crippen molar-refractivity contribution in [1.29, 1.82) is 0 Å². The first kappa shape index (κ1) is 13.0. The molecule has 2 unspecified atom stereocenters. The maximum absolute atomic E-state index is 10.6. The normalized spacial score (nSPS) is 16.6. The Bertz CT molecular complexity index is 332. The van der Waals surface area contributed by atoms with Gasteiger partial charge in [0.1, 0.15) is 5.75 Å². The van der Waals surface area contributed by atoms with Gasteiger partial charge in [0, 0.05) is 11.5 Å². The molecule has 0 amide bonds. The molecule has 0 fully saturated rings. The van der Waals surface area contributed by atoms with Crippen molar-refractivity contribution in [1.82, 2.24) is 0 Å². The second-order valence-corrected chi connectivity index (χ2v) is 4.19. The molecular formula is C13H21NO2. The van der Waals surface area contributed by atoms with Crippen LogP contribution in [0.1, 0.15) is 25.8 Å². The number of benzene rings is 1.